The van der Waals surface area contributed by atoms with E-state index in [1.54, 1.807) is 0 Å². The van der Waals surface area contributed by atoms with Crippen LogP contribution in [0, 0.1) is 6.92 Å². The van der Waals surface area contributed by atoms with Gasteiger partial charge in [-0.05, 0) is 37.6 Å². The minimum absolute atomic E-state index is 0.0574. The first-order valence-electron chi connectivity index (χ1n) is 11.3. The maximum absolute atomic E-state index is 10.2. The molecule has 0 amide bonds. The van der Waals surface area contributed by atoms with Gasteiger partial charge >= 0.3 is 0 Å². The molecule has 0 saturated carbocycles. The maximum Gasteiger partial charge on any atom is 0.231 e. The second-order valence-corrected chi connectivity index (χ2v) is 8.86. The first kappa shape index (κ1) is 20.8. The van der Waals surface area contributed by atoms with E-state index in [2.05, 4.69) is 71.1 Å². The normalized spacial score (nSPS) is 19.2. The summed E-state index contributed by atoms with van der Waals surface area (Å²) >= 11 is 0. The number of nitrogens with zero attached hydrogens (tertiary/aromatic N) is 6. The zero-order valence-corrected chi connectivity index (χ0v) is 18.8. The topological polar surface area (TPSA) is 68.6 Å². The molecule has 32 heavy (non-hydrogen) atoms. The number of aromatic nitrogens is 3. The quantitative estimate of drug-likeness (QED) is 0.682. The fourth-order valence-electron chi connectivity index (χ4n) is 4.53. The lowest BCUT2D eigenvalue weighted by atomic mass is 9.94. The summed E-state index contributed by atoms with van der Waals surface area (Å²) in [6.07, 6.45) is 0.780. The molecule has 3 heterocycles. The molecule has 2 aliphatic rings. The first-order valence-corrected chi connectivity index (χ1v) is 11.3. The predicted octanol–water partition coefficient (Wildman–Crippen LogP) is 2.52. The van der Waals surface area contributed by atoms with Crippen LogP contribution in [0.25, 0.3) is 11.4 Å². The Labute approximate surface area is 189 Å². The average Bonchev–Trinajstić information content (AvgIpc) is 2.83. The van der Waals surface area contributed by atoms with Crippen LogP contribution in [-0.2, 0) is 13.0 Å². The van der Waals surface area contributed by atoms with E-state index in [1.807, 2.05) is 6.07 Å². The monoisotopic (exact) mass is 430 g/mol. The van der Waals surface area contributed by atoms with Crippen LogP contribution in [0.3, 0.4) is 0 Å². The van der Waals surface area contributed by atoms with Gasteiger partial charge < -0.3 is 19.8 Å². The van der Waals surface area contributed by atoms with E-state index >= 15 is 0 Å². The number of rotatable bonds is 4. The van der Waals surface area contributed by atoms with Gasteiger partial charge in [-0.1, -0.05) is 48.0 Å². The van der Waals surface area contributed by atoms with E-state index in [0.29, 0.717) is 18.3 Å². The molecule has 0 radical (unpaired) electrons. The van der Waals surface area contributed by atoms with Crippen molar-refractivity contribution in [3.8, 4) is 11.4 Å². The zero-order chi connectivity index (χ0) is 22.1. The SMILES string of the molecule is Cc1cccc(-c2nc(N3CCN(C)CC3)nc(N3Cc4ccccc4CC3CO)n2)c1. The lowest BCUT2D eigenvalue weighted by molar-refractivity contribution is 0.252. The Bertz CT molecular complexity index is 1100. The van der Waals surface area contributed by atoms with Crippen molar-refractivity contribution in [3.05, 3.63) is 65.2 Å². The summed E-state index contributed by atoms with van der Waals surface area (Å²) in [5.41, 5.74) is 4.71. The van der Waals surface area contributed by atoms with Crippen molar-refractivity contribution in [2.75, 3.05) is 49.6 Å². The van der Waals surface area contributed by atoms with Crippen molar-refractivity contribution < 1.29 is 5.11 Å². The molecule has 0 bridgehead atoms. The minimum atomic E-state index is -0.0574. The molecule has 1 fully saturated rings. The number of aryl methyl sites for hydroxylation is 1. The third kappa shape index (κ3) is 4.18. The Balaban J connectivity index is 1.57. The van der Waals surface area contributed by atoms with Crippen LogP contribution in [0.2, 0.25) is 0 Å². The molecule has 3 aromatic rings. The number of hydrogen-bond acceptors (Lipinski definition) is 7. The van der Waals surface area contributed by atoms with Gasteiger partial charge in [-0.3, -0.25) is 0 Å². The standard InChI is InChI=1S/C25H30N6O/c1-18-6-5-9-20(14-18)23-26-24(30-12-10-29(2)11-13-30)28-25(27-23)31-16-21-8-4-3-7-19(21)15-22(31)17-32/h3-9,14,22,32H,10-13,15-17H2,1-2H3. The number of aliphatic hydroxyl groups is 1. The van der Waals surface area contributed by atoms with Crippen LogP contribution < -0.4 is 9.80 Å². The molecule has 1 atom stereocenters. The Kier molecular flexibility index (Phi) is 5.76. The van der Waals surface area contributed by atoms with E-state index in [9.17, 15) is 5.11 Å². The molecule has 5 rings (SSSR count). The molecule has 2 aliphatic heterocycles. The van der Waals surface area contributed by atoms with Crippen LogP contribution in [-0.4, -0.2) is 70.8 Å². The second kappa shape index (κ2) is 8.84. The Hall–Kier alpha value is -3.03. The fraction of sp³-hybridized carbons (Fsp3) is 0.400. The molecule has 2 aromatic carbocycles. The van der Waals surface area contributed by atoms with Gasteiger partial charge in [0.2, 0.25) is 11.9 Å². The Morgan fingerprint density at radius 2 is 1.66 bits per heavy atom. The summed E-state index contributed by atoms with van der Waals surface area (Å²) in [6, 6.07) is 16.7. The third-order valence-electron chi connectivity index (χ3n) is 6.50. The number of aliphatic hydroxyl groups excluding tert-OH is 1. The van der Waals surface area contributed by atoms with Crippen molar-refractivity contribution in [2.45, 2.75) is 25.9 Å². The molecule has 1 aromatic heterocycles. The Morgan fingerprint density at radius 1 is 0.906 bits per heavy atom. The molecule has 1 N–H and O–H groups in total. The highest BCUT2D eigenvalue weighted by Crippen LogP contribution is 2.29. The summed E-state index contributed by atoms with van der Waals surface area (Å²) in [4.78, 5) is 21.4. The van der Waals surface area contributed by atoms with Gasteiger partial charge in [0.1, 0.15) is 0 Å². The number of piperazine rings is 1. The molecule has 1 unspecified atom stereocenters. The molecular weight excluding hydrogens is 400 g/mol. The average molecular weight is 431 g/mol. The number of fused-ring (bicyclic) bond motifs is 1. The van der Waals surface area contributed by atoms with E-state index in [1.165, 1.54) is 16.7 Å². The van der Waals surface area contributed by atoms with Crippen LogP contribution in [0.4, 0.5) is 11.9 Å². The minimum Gasteiger partial charge on any atom is -0.394 e. The molecule has 1 saturated heterocycles. The van der Waals surface area contributed by atoms with Crippen molar-refractivity contribution in [1.82, 2.24) is 19.9 Å². The van der Waals surface area contributed by atoms with Crippen molar-refractivity contribution in [1.29, 1.82) is 0 Å². The largest absolute Gasteiger partial charge is 0.394 e. The number of likely N-dealkylation sites (N-methyl/N-ethyl adjacent to an activating group) is 1. The zero-order valence-electron chi connectivity index (χ0n) is 18.8. The highest BCUT2D eigenvalue weighted by Gasteiger charge is 2.29. The fourth-order valence-corrected chi connectivity index (χ4v) is 4.53. The third-order valence-corrected chi connectivity index (χ3v) is 6.50. The smallest absolute Gasteiger partial charge is 0.231 e. The highest BCUT2D eigenvalue weighted by molar-refractivity contribution is 5.60. The summed E-state index contributed by atoms with van der Waals surface area (Å²) in [7, 11) is 2.14. The van der Waals surface area contributed by atoms with E-state index in [4.69, 9.17) is 15.0 Å². The van der Waals surface area contributed by atoms with Crippen LogP contribution >= 0.6 is 0 Å². The van der Waals surface area contributed by atoms with Gasteiger partial charge in [0.05, 0.1) is 12.6 Å². The predicted molar refractivity (Wildman–Crippen MR) is 127 cm³/mol. The summed E-state index contributed by atoms with van der Waals surface area (Å²) in [5.74, 6) is 2.04. The van der Waals surface area contributed by atoms with Gasteiger partial charge in [0.15, 0.2) is 5.82 Å². The lowest BCUT2D eigenvalue weighted by Gasteiger charge is -2.37. The van der Waals surface area contributed by atoms with Gasteiger partial charge in [0, 0.05) is 38.3 Å². The summed E-state index contributed by atoms with van der Waals surface area (Å²) in [5, 5.41) is 10.2. The van der Waals surface area contributed by atoms with Gasteiger partial charge in [-0.2, -0.15) is 15.0 Å². The summed E-state index contributed by atoms with van der Waals surface area (Å²) < 4.78 is 0. The van der Waals surface area contributed by atoms with E-state index < -0.39 is 0 Å². The second-order valence-electron chi connectivity index (χ2n) is 8.86. The van der Waals surface area contributed by atoms with Crippen molar-refractivity contribution >= 4 is 11.9 Å². The molecule has 166 valence electrons. The highest BCUT2D eigenvalue weighted by atomic mass is 16.3. The van der Waals surface area contributed by atoms with Gasteiger partial charge in [-0.25, -0.2) is 0 Å². The van der Waals surface area contributed by atoms with E-state index in [0.717, 1.165) is 44.1 Å². The van der Waals surface area contributed by atoms with Gasteiger partial charge in [0.25, 0.3) is 0 Å². The lowest BCUT2D eigenvalue weighted by Crippen LogP contribution is -2.46. The maximum atomic E-state index is 10.2. The number of anilines is 2. The Morgan fingerprint density at radius 3 is 2.41 bits per heavy atom. The number of hydrogen-bond donors (Lipinski definition) is 1. The van der Waals surface area contributed by atoms with Crippen LogP contribution in [0.5, 0.6) is 0 Å². The van der Waals surface area contributed by atoms with Crippen molar-refractivity contribution in [2.24, 2.45) is 0 Å². The molecule has 0 spiro atoms. The van der Waals surface area contributed by atoms with Crippen LogP contribution in [0.1, 0.15) is 16.7 Å². The van der Waals surface area contributed by atoms with E-state index in [-0.39, 0.29) is 12.6 Å². The van der Waals surface area contributed by atoms with Gasteiger partial charge in [-0.15, -0.1) is 0 Å². The summed E-state index contributed by atoms with van der Waals surface area (Å²) in [6.45, 7) is 6.56. The molecule has 7 heteroatoms. The number of benzene rings is 2. The van der Waals surface area contributed by atoms with Crippen LogP contribution in [0.15, 0.2) is 48.5 Å². The first-order chi connectivity index (χ1) is 15.6. The molecule has 0 aliphatic carbocycles. The molecular formula is C25H30N6O. The molecule has 7 nitrogen and oxygen atoms in total. The van der Waals surface area contributed by atoms with Crippen molar-refractivity contribution in [3.63, 3.8) is 0 Å².